The highest BCUT2D eigenvalue weighted by molar-refractivity contribution is 5.93. The van der Waals surface area contributed by atoms with Crippen molar-refractivity contribution in [2.24, 2.45) is 23.7 Å². The average molecular weight is 222 g/mol. The Bertz CT molecular complexity index is 524. The fourth-order valence-corrected chi connectivity index (χ4v) is 5.25. The first kappa shape index (κ1) is 8.68. The van der Waals surface area contributed by atoms with E-state index >= 15 is 0 Å². The minimum Gasteiger partial charge on any atom is -0.298 e. The van der Waals surface area contributed by atoms with E-state index in [-0.39, 0.29) is 11.8 Å². The van der Waals surface area contributed by atoms with Gasteiger partial charge in [0.25, 0.3) is 0 Å². The van der Waals surface area contributed by atoms with Crippen molar-refractivity contribution in [2.45, 2.75) is 18.3 Å². The van der Waals surface area contributed by atoms with Gasteiger partial charge in [-0.2, -0.15) is 0 Å². The molecule has 0 radical (unpaired) electrons. The van der Waals surface area contributed by atoms with Gasteiger partial charge in [-0.05, 0) is 41.2 Å². The maximum absolute atomic E-state index is 12.2. The number of carbonyl (C=O) groups is 1. The minimum atomic E-state index is 0.258. The van der Waals surface area contributed by atoms with Crippen molar-refractivity contribution >= 4 is 5.78 Å². The van der Waals surface area contributed by atoms with Gasteiger partial charge in [0.15, 0.2) is 0 Å². The number of fused-ring (bicyclic) bond motifs is 12. The number of Topliss-reactive ketones (excluding diaryl/α,β-unsaturated/α-hetero) is 1. The van der Waals surface area contributed by atoms with E-state index in [0.29, 0.717) is 29.5 Å². The Kier molecular flexibility index (Phi) is 1.30. The Morgan fingerprint density at radius 3 is 1.94 bits per heavy atom. The van der Waals surface area contributed by atoms with Crippen molar-refractivity contribution in [1.82, 2.24) is 0 Å². The summed E-state index contributed by atoms with van der Waals surface area (Å²) in [6.07, 6.45) is 5.69. The second-order valence-electron chi connectivity index (χ2n) is 6.07. The van der Waals surface area contributed by atoms with Gasteiger partial charge in [0, 0.05) is 11.8 Å². The number of rotatable bonds is 0. The van der Waals surface area contributed by atoms with Gasteiger partial charge in [0.1, 0.15) is 5.78 Å². The molecule has 1 aromatic rings. The molecule has 1 nitrogen and oxygen atoms in total. The highest BCUT2D eigenvalue weighted by atomic mass is 16.1. The van der Waals surface area contributed by atoms with Gasteiger partial charge in [0.2, 0.25) is 0 Å². The van der Waals surface area contributed by atoms with Crippen molar-refractivity contribution in [3.05, 3.63) is 47.5 Å². The van der Waals surface area contributed by atoms with E-state index in [1.807, 2.05) is 0 Å². The lowest BCUT2D eigenvalue weighted by Gasteiger charge is -2.32. The summed E-state index contributed by atoms with van der Waals surface area (Å²) in [5.74, 6) is 3.65. The summed E-state index contributed by atoms with van der Waals surface area (Å²) in [5, 5.41) is 0. The summed E-state index contributed by atoms with van der Waals surface area (Å²) in [6, 6.07) is 8.88. The van der Waals surface area contributed by atoms with Gasteiger partial charge >= 0.3 is 0 Å². The second-order valence-corrected chi connectivity index (χ2v) is 6.07. The van der Waals surface area contributed by atoms with E-state index < -0.39 is 0 Å². The minimum absolute atomic E-state index is 0.258. The summed E-state index contributed by atoms with van der Waals surface area (Å²) in [7, 11) is 0. The van der Waals surface area contributed by atoms with Gasteiger partial charge in [-0.1, -0.05) is 36.4 Å². The molecule has 4 bridgehead atoms. The predicted molar refractivity (Wildman–Crippen MR) is 64.6 cm³/mol. The maximum Gasteiger partial charge on any atom is 0.147 e. The normalized spacial score (nSPS) is 47.6. The van der Waals surface area contributed by atoms with Crippen LogP contribution in [-0.2, 0) is 4.79 Å². The first-order chi connectivity index (χ1) is 8.36. The van der Waals surface area contributed by atoms with Gasteiger partial charge in [-0.3, -0.25) is 4.79 Å². The predicted octanol–water partition coefficient (Wildman–Crippen LogP) is 2.89. The van der Waals surface area contributed by atoms with Crippen LogP contribution in [0.4, 0.5) is 0 Å². The Balaban J connectivity index is 1.73. The molecule has 1 aromatic carbocycles. The Morgan fingerprint density at radius 2 is 1.41 bits per heavy atom. The fraction of sp³-hybridized carbons (Fsp3) is 0.438. The topological polar surface area (TPSA) is 17.1 Å². The number of hydrogen-bond donors (Lipinski definition) is 0. The van der Waals surface area contributed by atoms with Crippen molar-refractivity contribution in [2.75, 3.05) is 0 Å². The first-order valence-electron chi connectivity index (χ1n) is 6.67. The Hall–Kier alpha value is -1.37. The third kappa shape index (κ3) is 0.782. The van der Waals surface area contributed by atoms with Gasteiger partial charge in [-0.25, -0.2) is 0 Å². The fourth-order valence-electron chi connectivity index (χ4n) is 5.25. The van der Waals surface area contributed by atoms with Crippen molar-refractivity contribution in [1.29, 1.82) is 0 Å². The van der Waals surface area contributed by atoms with Crippen LogP contribution in [0.1, 0.15) is 29.4 Å². The van der Waals surface area contributed by atoms with Crippen LogP contribution < -0.4 is 0 Å². The molecule has 0 aliphatic heterocycles. The molecule has 1 heteroatoms. The molecule has 0 aromatic heterocycles. The molecule has 4 aliphatic carbocycles. The molecular formula is C16H14O. The molecule has 6 atom stereocenters. The molecule has 4 aliphatic rings. The van der Waals surface area contributed by atoms with Crippen LogP contribution >= 0.6 is 0 Å². The Labute approximate surface area is 101 Å². The quantitative estimate of drug-likeness (QED) is 0.487. The van der Waals surface area contributed by atoms with Crippen LogP contribution in [0.2, 0.25) is 0 Å². The molecule has 0 amide bonds. The summed E-state index contributed by atoms with van der Waals surface area (Å²) < 4.78 is 0. The molecule has 0 saturated heterocycles. The second kappa shape index (κ2) is 2.55. The number of allylic oxidation sites excluding steroid dienone is 2. The molecule has 5 rings (SSSR count). The van der Waals surface area contributed by atoms with E-state index in [0.717, 1.165) is 0 Å². The van der Waals surface area contributed by atoms with Crippen LogP contribution in [0.3, 0.4) is 0 Å². The zero-order chi connectivity index (χ0) is 11.1. The van der Waals surface area contributed by atoms with Gasteiger partial charge in [0.05, 0.1) is 0 Å². The Morgan fingerprint density at radius 1 is 0.882 bits per heavy atom. The van der Waals surface area contributed by atoms with Crippen molar-refractivity contribution in [3.8, 4) is 0 Å². The molecule has 0 heterocycles. The highest BCUT2D eigenvalue weighted by Gasteiger charge is 2.63. The first-order valence-corrected chi connectivity index (χ1v) is 6.67. The van der Waals surface area contributed by atoms with Gasteiger partial charge in [-0.15, -0.1) is 0 Å². The summed E-state index contributed by atoms with van der Waals surface area (Å²) >= 11 is 0. The monoisotopic (exact) mass is 222 g/mol. The van der Waals surface area contributed by atoms with Crippen LogP contribution in [0.15, 0.2) is 36.4 Å². The summed E-state index contributed by atoms with van der Waals surface area (Å²) in [4.78, 5) is 12.2. The molecule has 0 unspecified atom stereocenters. The van der Waals surface area contributed by atoms with E-state index in [9.17, 15) is 4.79 Å². The van der Waals surface area contributed by atoms with Gasteiger partial charge < -0.3 is 0 Å². The lowest BCUT2D eigenvalue weighted by atomic mass is 9.71. The average Bonchev–Trinajstić information content (AvgIpc) is 3.07. The van der Waals surface area contributed by atoms with Crippen LogP contribution in [0.25, 0.3) is 0 Å². The van der Waals surface area contributed by atoms with Crippen molar-refractivity contribution in [3.63, 3.8) is 0 Å². The number of ketones is 1. The lowest BCUT2D eigenvalue weighted by molar-refractivity contribution is -0.121. The number of benzene rings is 1. The molecule has 2 fully saturated rings. The molecule has 2 saturated carbocycles. The molecule has 84 valence electrons. The molecule has 0 N–H and O–H groups in total. The SMILES string of the molecule is O=C1[C@H]2C=C[C@H]1[C@@H]1[C@H]2[C@H]2C[C@H]1c1ccccc12. The molecule has 0 spiro atoms. The van der Waals surface area contributed by atoms with E-state index in [2.05, 4.69) is 36.4 Å². The number of hydrogen-bond acceptors (Lipinski definition) is 1. The zero-order valence-corrected chi connectivity index (χ0v) is 9.54. The smallest absolute Gasteiger partial charge is 0.147 e. The van der Waals surface area contributed by atoms with Crippen LogP contribution in [0, 0.1) is 23.7 Å². The highest BCUT2D eigenvalue weighted by Crippen LogP contribution is 2.68. The third-order valence-electron chi connectivity index (χ3n) is 5.69. The third-order valence-corrected chi connectivity index (χ3v) is 5.69. The molecular weight excluding hydrogens is 208 g/mol. The largest absolute Gasteiger partial charge is 0.298 e. The van der Waals surface area contributed by atoms with E-state index in [1.54, 1.807) is 11.1 Å². The number of carbonyl (C=O) groups excluding carboxylic acids is 1. The van der Waals surface area contributed by atoms with Crippen molar-refractivity contribution < 1.29 is 4.79 Å². The van der Waals surface area contributed by atoms with Crippen LogP contribution in [-0.4, -0.2) is 5.78 Å². The van der Waals surface area contributed by atoms with E-state index in [1.165, 1.54) is 6.42 Å². The zero-order valence-electron chi connectivity index (χ0n) is 9.54. The van der Waals surface area contributed by atoms with E-state index in [4.69, 9.17) is 0 Å². The standard InChI is InChI=1S/C16H14O/c17-16-10-5-6-11(16)15-13-7-12(14(10)15)8-3-1-2-4-9(8)13/h1-6,10-15H,7H2/t10-,11-,12-,13-,14-,15+/m0/s1. The molecule has 17 heavy (non-hydrogen) atoms. The summed E-state index contributed by atoms with van der Waals surface area (Å²) in [5.41, 5.74) is 3.10. The lowest BCUT2D eigenvalue weighted by Crippen LogP contribution is -2.25. The summed E-state index contributed by atoms with van der Waals surface area (Å²) in [6.45, 7) is 0. The van der Waals surface area contributed by atoms with Crippen LogP contribution in [0.5, 0.6) is 0 Å². The maximum atomic E-state index is 12.2.